The van der Waals surface area contributed by atoms with Crippen LogP contribution in [0.2, 0.25) is 0 Å². The minimum absolute atomic E-state index is 0.126. The number of ether oxygens (including phenoxy) is 1. The van der Waals surface area contributed by atoms with Gasteiger partial charge in [-0.05, 0) is 159 Å². The predicted molar refractivity (Wildman–Crippen MR) is 502 cm³/mol. The van der Waals surface area contributed by atoms with E-state index in [0.29, 0.717) is 17.7 Å². The summed E-state index contributed by atoms with van der Waals surface area (Å²) >= 11 is 1.86. The monoisotopic (exact) mass is 1550 g/mol. The summed E-state index contributed by atoms with van der Waals surface area (Å²) in [6, 6.07) is 123. The van der Waals surface area contributed by atoms with Gasteiger partial charge < -0.3 is 23.7 Å². The Morgan fingerprint density at radius 3 is 0.786 bits per heavy atom. The Bertz CT molecular complexity index is 5370. The molecule has 5 heterocycles. The zero-order valence-corrected chi connectivity index (χ0v) is 68.3. The summed E-state index contributed by atoms with van der Waals surface area (Å²) in [5.74, 6) is 1.51. The van der Waals surface area contributed by atoms with Crippen LogP contribution in [0.1, 0.15) is 83.2 Å². The van der Waals surface area contributed by atoms with Crippen molar-refractivity contribution < 1.29 is 14.3 Å². The highest BCUT2D eigenvalue weighted by Crippen LogP contribution is 2.48. The van der Waals surface area contributed by atoms with Gasteiger partial charge >= 0.3 is 0 Å². The molecule has 0 saturated heterocycles. The fourth-order valence-corrected chi connectivity index (χ4v) is 14.6. The second-order valence-electron chi connectivity index (χ2n) is 26.4. The number of hydrogen-bond acceptors (Lipinski definition) is 7. The van der Waals surface area contributed by atoms with E-state index in [9.17, 15) is 14.4 Å². The molecule has 0 radical (unpaired) electrons. The van der Waals surface area contributed by atoms with Crippen molar-refractivity contribution in [3.63, 3.8) is 0 Å². The molecule has 3 aliphatic heterocycles. The number of para-hydroxylation sites is 10. The number of anilines is 4. The third-order valence-corrected chi connectivity index (χ3v) is 20.4. The molecule has 16 aromatic rings. The number of fused-ring (bicyclic) bond motifs is 10. The summed E-state index contributed by atoms with van der Waals surface area (Å²) in [5.41, 5.74) is 16.7. The lowest BCUT2D eigenvalue weighted by molar-refractivity contribution is 0.0662. The zero-order valence-electron chi connectivity index (χ0n) is 67.5. The maximum atomic E-state index is 12.3. The molecule has 0 spiro atoms. The molecule has 0 saturated carbocycles. The van der Waals surface area contributed by atoms with Crippen LogP contribution in [-0.2, 0) is 13.1 Å². The van der Waals surface area contributed by atoms with Gasteiger partial charge in [0.15, 0.2) is 16.9 Å². The summed E-state index contributed by atoms with van der Waals surface area (Å²) in [4.78, 5) is 44.0. The first-order valence-corrected chi connectivity index (χ1v) is 40.3. The number of carbonyl (C=O) groups excluding carboxylic acids is 2. The van der Waals surface area contributed by atoms with Gasteiger partial charge in [-0.2, -0.15) is 0 Å². The lowest BCUT2D eigenvalue weighted by Gasteiger charge is -2.31. The highest BCUT2D eigenvalue weighted by Gasteiger charge is 2.33. The molecule has 14 aromatic carbocycles. The van der Waals surface area contributed by atoms with Gasteiger partial charge in [0.2, 0.25) is 0 Å². The van der Waals surface area contributed by atoms with Crippen LogP contribution in [0, 0.1) is 0 Å². The van der Waals surface area contributed by atoms with Gasteiger partial charge in [-0.15, -0.1) is 0 Å². The largest absolute Gasteiger partial charge is 0.453 e. The van der Waals surface area contributed by atoms with Gasteiger partial charge in [-0.25, -0.2) is 0 Å². The lowest BCUT2D eigenvalue weighted by atomic mass is 10.1. The Labute approximate surface area is 694 Å². The van der Waals surface area contributed by atoms with Gasteiger partial charge in [-0.3, -0.25) is 19.3 Å². The summed E-state index contributed by atoms with van der Waals surface area (Å²) in [6.45, 7) is 32.9. The molecule has 584 valence electrons. The fraction of sp³-hybridized carbons (Fsp3) is 0.0935. The van der Waals surface area contributed by atoms with Crippen molar-refractivity contribution in [3.05, 3.63) is 452 Å². The molecule has 117 heavy (non-hydrogen) atoms. The molecule has 3 aliphatic rings. The molecule has 19 rings (SSSR count). The molecule has 0 atom stereocenters. The van der Waals surface area contributed by atoms with Crippen LogP contribution in [0.15, 0.2) is 418 Å². The first-order chi connectivity index (χ1) is 57.4. The maximum Gasteiger partial charge on any atom is 0.261 e. The van der Waals surface area contributed by atoms with Crippen LogP contribution in [-0.4, -0.2) is 45.5 Å². The quantitative estimate of drug-likeness (QED) is 0.0997. The SMILES string of the molecule is C=Cc1ccccc1.C=Cc1ccccc1.C=Cc1ccccc1.C=Cc1ccccc1.C=Cc1ccccc1.CCN1C(=O)c2ccccc2C1=O.CCN1c2ccccc2Oc2ccccc21.CCN1c2ccccc2Sc2ccccc21.CCn1c2ccccc2c(=O)c2ccccc21.CCn1c2ccccc2c2ccccc21. The van der Waals surface area contributed by atoms with Gasteiger partial charge in [0.1, 0.15) is 0 Å². The van der Waals surface area contributed by atoms with E-state index in [1.54, 1.807) is 31.2 Å². The van der Waals surface area contributed by atoms with Crippen molar-refractivity contribution >= 4 is 120 Å². The lowest BCUT2D eigenvalue weighted by Crippen LogP contribution is -2.29. The Morgan fingerprint density at radius 1 is 0.256 bits per heavy atom. The molecular formula is C107H101N5O4S. The van der Waals surface area contributed by atoms with E-state index in [2.05, 4.69) is 189 Å². The topological polar surface area (TPSA) is 80.0 Å². The molecule has 0 bridgehead atoms. The van der Waals surface area contributed by atoms with Crippen LogP contribution in [0.5, 0.6) is 11.5 Å². The molecule has 2 amide bonds. The molecule has 0 unspecified atom stereocenters. The number of benzene rings is 14. The average Bonchev–Trinajstić information content (AvgIpc) is 1.38. The number of rotatable bonds is 10. The third-order valence-electron chi connectivity index (χ3n) is 19.3. The number of pyridine rings is 1. The summed E-state index contributed by atoms with van der Waals surface area (Å²) in [5, 5.41) is 4.31. The molecule has 10 heteroatoms. The normalized spacial score (nSPS) is 11.2. The van der Waals surface area contributed by atoms with Gasteiger partial charge in [0.25, 0.3) is 11.8 Å². The molecule has 0 N–H and O–H groups in total. The minimum Gasteiger partial charge on any atom is -0.453 e. The number of imide groups is 1. The van der Waals surface area contributed by atoms with E-state index >= 15 is 0 Å². The second-order valence-corrected chi connectivity index (χ2v) is 27.5. The highest BCUT2D eigenvalue weighted by atomic mass is 32.2. The Kier molecular flexibility index (Phi) is 32.8. The smallest absolute Gasteiger partial charge is 0.261 e. The minimum atomic E-state index is -0.178. The molecule has 0 aliphatic carbocycles. The van der Waals surface area contributed by atoms with E-state index in [4.69, 9.17) is 4.74 Å². The van der Waals surface area contributed by atoms with Crippen LogP contribution < -0.4 is 20.0 Å². The molecule has 0 fully saturated rings. The predicted octanol–water partition coefficient (Wildman–Crippen LogP) is 28.2. The van der Waals surface area contributed by atoms with E-state index in [1.165, 1.54) is 75.7 Å². The van der Waals surface area contributed by atoms with E-state index in [1.807, 2.05) is 279 Å². The fourth-order valence-electron chi connectivity index (χ4n) is 13.5. The molecule has 2 aromatic heterocycles. The first-order valence-electron chi connectivity index (χ1n) is 39.5. The Balaban J connectivity index is 0.000000139. The first kappa shape index (κ1) is 85.4. The second kappa shape index (κ2) is 45.0. The van der Waals surface area contributed by atoms with Crippen LogP contribution in [0.4, 0.5) is 22.7 Å². The van der Waals surface area contributed by atoms with Crippen molar-refractivity contribution in [3.8, 4) is 11.5 Å². The molecular weight excluding hydrogens is 1450 g/mol. The number of aromatic nitrogens is 2. The van der Waals surface area contributed by atoms with Gasteiger partial charge in [0.05, 0.1) is 44.9 Å². The number of hydrogen-bond donors (Lipinski definition) is 0. The van der Waals surface area contributed by atoms with E-state index < -0.39 is 0 Å². The number of carbonyl (C=O) groups is 2. The number of amides is 2. The van der Waals surface area contributed by atoms with Gasteiger partial charge in [-0.1, -0.05) is 348 Å². The zero-order chi connectivity index (χ0) is 82.5. The maximum absolute atomic E-state index is 12.3. The highest BCUT2D eigenvalue weighted by molar-refractivity contribution is 7.99. The summed E-state index contributed by atoms with van der Waals surface area (Å²) < 4.78 is 10.4. The Hall–Kier alpha value is -14.1. The standard InChI is InChI=1S/C15H13NO.C14H13NO.C14H13NS.C14H13N.C10H9NO2.5C8H8/c1-2-16-13-9-5-3-7-11(13)15(17)12-8-4-6-10-14(12)16;2*1-2-15-11-7-3-5-9-13(11)16-14-10-6-4-8-12(14)15;1-2-15-13-9-5-3-7-11(13)12-8-4-6-10-14(12)15;1-2-11-9(12)7-5-3-4-6-8(7)10(11)13;5*1-2-8-6-4-3-5-7-8/h3-10H,2H2,1H3;2*3-10H,2H2,1H3;3-10H,2H2,1H3;3-6H,2H2,1H3;5*2-7H,1H2. The van der Waals surface area contributed by atoms with Crippen molar-refractivity contribution in [1.29, 1.82) is 0 Å². The van der Waals surface area contributed by atoms with Crippen molar-refractivity contribution in [2.24, 2.45) is 0 Å². The van der Waals surface area contributed by atoms with E-state index in [0.717, 1.165) is 70.9 Å². The number of aryl methyl sites for hydroxylation is 2. The van der Waals surface area contributed by atoms with E-state index in [-0.39, 0.29) is 17.2 Å². The Morgan fingerprint density at radius 2 is 0.496 bits per heavy atom. The number of nitrogens with zero attached hydrogens (tertiary/aromatic N) is 5. The van der Waals surface area contributed by atoms with Crippen LogP contribution >= 0.6 is 11.8 Å². The van der Waals surface area contributed by atoms with Crippen LogP contribution in [0.25, 0.3) is 74.0 Å². The van der Waals surface area contributed by atoms with Crippen LogP contribution in [0.3, 0.4) is 0 Å². The summed E-state index contributed by atoms with van der Waals surface area (Å²) in [6.07, 6.45) is 9.17. The molecule has 9 nitrogen and oxygen atoms in total. The van der Waals surface area contributed by atoms with Crippen molar-refractivity contribution in [2.75, 3.05) is 29.4 Å². The average molecular weight is 1550 g/mol. The van der Waals surface area contributed by atoms with Crippen molar-refractivity contribution in [2.45, 2.75) is 57.5 Å². The van der Waals surface area contributed by atoms with Crippen molar-refractivity contribution in [1.82, 2.24) is 14.0 Å². The third kappa shape index (κ3) is 22.5. The summed E-state index contributed by atoms with van der Waals surface area (Å²) in [7, 11) is 0. The van der Waals surface area contributed by atoms with Gasteiger partial charge in [0, 0.05) is 75.1 Å².